The summed E-state index contributed by atoms with van der Waals surface area (Å²) in [5.74, 6) is 0.615. The van der Waals surface area contributed by atoms with Crippen molar-refractivity contribution >= 4 is 12.0 Å². The van der Waals surface area contributed by atoms with Gasteiger partial charge in [-0.1, -0.05) is 37.0 Å². The number of aryl methyl sites for hydroxylation is 2. The lowest BCUT2D eigenvalue weighted by molar-refractivity contribution is -0.0903. The molecule has 7 nitrogen and oxygen atoms in total. The number of aromatic nitrogens is 5. The van der Waals surface area contributed by atoms with Crippen LogP contribution in [0.4, 0.5) is 13.2 Å². The average molecular weight is 499 g/mol. The Bertz CT molecular complexity index is 1260. The van der Waals surface area contributed by atoms with E-state index in [1.807, 2.05) is 13.1 Å². The third kappa shape index (κ3) is 5.58. The number of nitrogens with one attached hydrogen (secondary N) is 1. The second-order valence-corrected chi connectivity index (χ2v) is 8.84. The summed E-state index contributed by atoms with van der Waals surface area (Å²) in [4.78, 5) is 8.78. The Morgan fingerprint density at radius 2 is 2.06 bits per heavy atom. The van der Waals surface area contributed by atoms with Gasteiger partial charge in [0.15, 0.2) is 5.82 Å². The van der Waals surface area contributed by atoms with Crippen LogP contribution < -0.4 is 0 Å². The fourth-order valence-electron chi connectivity index (χ4n) is 4.52. The number of halogens is 3. The number of methoxy groups -OCH3 is 1. The van der Waals surface area contributed by atoms with Gasteiger partial charge in [-0.05, 0) is 49.8 Å². The Labute approximate surface area is 207 Å². The lowest BCUT2D eigenvalue weighted by Gasteiger charge is -2.28. The lowest BCUT2D eigenvalue weighted by Crippen LogP contribution is -2.24. The Morgan fingerprint density at radius 3 is 2.75 bits per heavy atom. The molecular formula is C26H29F3N6O. The first-order valence-corrected chi connectivity index (χ1v) is 11.8. The predicted octanol–water partition coefficient (Wildman–Crippen LogP) is 5.86. The Hall–Kier alpha value is -3.69. The van der Waals surface area contributed by atoms with Gasteiger partial charge in [0.05, 0.1) is 24.7 Å². The summed E-state index contributed by atoms with van der Waals surface area (Å²) in [5, 5.41) is 12.6. The highest BCUT2D eigenvalue weighted by Gasteiger charge is 2.41. The van der Waals surface area contributed by atoms with E-state index in [2.05, 4.69) is 21.6 Å². The molecule has 10 heteroatoms. The molecule has 3 heterocycles. The van der Waals surface area contributed by atoms with Crippen LogP contribution >= 0.6 is 0 Å². The standard InChI is InChI=1S/C26H29F3N6O/c1-17(10-12-22(24(30)36-3)34-15-18(2)31-16-34)11-13-23-32-25-20(8-6-14-35(25)33-23)19-7-4-5-9-21(19)26(27,28)29/h7,9-13,15-16,20,22,30H,1,4-6,8,14H2,2-3H3/b12-10-,13-11+,30-24?. The van der Waals surface area contributed by atoms with Crippen molar-refractivity contribution in [1.29, 1.82) is 5.41 Å². The van der Waals surface area contributed by atoms with Crippen molar-refractivity contribution in [2.75, 3.05) is 7.11 Å². The van der Waals surface area contributed by atoms with Crippen molar-refractivity contribution < 1.29 is 17.9 Å². The van der Waals surface area contributed by atoms with Crippen molar-refractivity contribution in [3.63, 3.8) is 0 Å². The van der Waals surface area contributed by atoms with Crippen LogP contribution in [0.15, 0.2) is 66.2 Å². The van der Waals surface area contributed by atoms with E-state index >= 15 is 0 Å². The van der Waals surface area contributed by atoms with Gasteiger partial charge in [0.2, 0.25) is 5.90 Å². The number of nitrogens with zero attached hydrogens (tertiary/aromatic N) is 5. The normalized spacial score (nSPS) is 19.2. The molecule has 0 bridgehead atoms. The number of ether oxygens (including phenoxy) is 1. The summed E-state index contributed by atoms with van der Waals surface area (Å²) < 4.78 is 49.5. The highest BCUT2D eigenvalue weighted by atomic mass is 19.4. The monoisotopic (exact) mass is 498 g/mol. The number of hydrogen-bond acceptors (Lipinski definition) is 5. The molecule has 4 rings (SSSR count). The predicted molar refractivity (Wildman–Crippen MR) is 132 cm³/mol. The SMILES string of the molecule is C=C(/C=C\C(C(=N)OC)n1cnc(C)c1)/C=C/c1nc2n(n1)CCCC2C1=CCCC=C1C(F)(F)F. The lowest BCUT2D eigenvalue weighted by atomic mass is 9.82. The first kappa shape index (κ1) is 25.4. The number of imidazole rings is 1. The van der Waals surface area contributed by atoms with Crippen molar-refractivity contribution in [1.82, 2.24) is 24.3 Å². The smallest absolute Gasteiger partial charge is 0.416 e. The molecule has 0 aromatic carbocycles. The van der Waals surface area contributed by atoms with Crippen LogP contribution in [-0.2, 0) is 11.3 Å². The van der Waals surface area contributed by atoms with E-state index in [1.54, 1.807) is 46.0 Å². The van der Waals surface area contributed by atoms with Crippen molar-refractivity contribution in [2.45, 2.75) is 57.3 Å². The quantitative estimate of drug-likeness (QED) is 0.295. The molecule has 2 aromatic heterocycles. The van der Waals surface area contributed by atoms with E-state index in [0.717, 1.165) is 12.1 Å². The van der Waals surface area contributed by atoms with Gasteiger partial charge in [0.25, 0.3) is 0 Å². The highest BCUT2D eigenvalue weighted by Crippen LogP contribution is 2.43. The highest BCUT2D eigenvalue weighted by molar-refractivity contribution is 5.79. The van der Waals surface area contributed by atoms with Crippen LogP contribution in [0.2, 0.25) is 0 Å². The zero-order valence-electron chi connectivity index (χ0n) is 20.3. The molecule has 0 saturated heterocycles. The zero-order valence-corrected chi connectivity index (χ0v) is 20.3. The van der Waals surface area contributed by atoms with Crippen LogP contribution in [0.1, 0.15) is 55.0 Å². The van der Waals surface area contributed by atoms with E-state index in [0.29, 0.717) is 48.6 Å². The topological polar surface area (TPSA) is 81.6 Å². The van der Waals surface area contributed by atoms with E-state index in [9.17, 15) is 13.2 Å². The maximum absolute atomic E-state index is 13.6. The molecule has 0 fully saturated rings. The maximum atomic E-state index is 13.6. The fraction of sp³-hybridized carbons (Fsp3) is 0.385. The zero-order chi connectivity index (χ0) is 25.9. The van der Waals surface area contributed by atoms with Gasteiger partial charge in [0, 0.05) is 18.7 Å². The average Bonchev–Trinajstić information content (AvgIpc) is 3.47. The van der Waals surface area contributed by atoms with Crippen molar-refractivity contribution in [3.05, 3.63) is 83.5 Å². The first-order valence-electron chi connectivity index (χ1n) is 11.8. The molecular weight excluding hydrogens is 469 g/mol. The third-order valence-corrected chi connectivity index (χ3v) is 6.24. The number of fused-ring (bicyclic) bond motifs is 1. The Kier molecular flexibility index (Phi) is 7.42. The molecule has 2 atom stereocenters. The van der Waals surface area contributed by atoms with Gasteiger partial charge in [0.1, 0.15) is 11.9 Å². The number of hydrogen-bond donors (Lipinski definition) is 1. The van der Waals surface area contributed by atoms with Gasteiger partial charge in [-0.25, -0.2) is 14.6 Å². The van der Waals surface area contributed by atoms with Gasteiger partial charge in [-0.3, -0.25) is 5.41 Å². The van der Waals surface area contributed by atoms with Crippen molar-refractivity contribution in [2.24, 2.45) is 0 Å². The molecule has 190 valence electrons. The number of allylic oxidation sites excluding steroid dienone is 7. The summed E-state index contributed by atoms with van der Waals surface area (Å²) in [6, 6.07) is -0.472. The van der Waals surface area contributed by atoms with E-state index in [1.165, 1.54) is 13.2 Å². The number of rotatable bonds is 7. The largest absolute Gasteiger partial charge is 0.483 e. The molecule has 0 saturated carbocycles. The minimum absolute atomic E-state index is 0.0548. The van der Waals surface area contributed by atoms with Gasteiger partial charge in [-0.15, -0.1) is 0 Å². The molecule has 2 aromatic rings. The Morgan fingerprint density at radius 1 is 1.28 bits per heavy atom. The van der Waals surface area contributed by atoms with Gasteiger partial charge in [-0.2, -0.15) is 18.3 Å². The second-order valence-electron chi connectivity index (χ2n) is 8.84. The van der Waals surface area contributed by atoms with Crippen LogP contribution in [0.3, 0.4) is 0 Å². The summed E-state index contributed by atoms with van der Waals surface area (Å²) >= 11 is 0. The minimum Gasteiger partial charge on any atom is -0.483 e. The van der Waals surface area contributed by atoms with Crippen LogP contribution in [-0.4, -0.2) is 43.5 Å². The minimum atomic E-state index is -4.38. The van der Waals surface area contributed by atoms with Crippen LogP contribution in [0.5, 0.6) is 0 Å². The molecule has 1 aliphatic carbocycles. The molecule has 0 radical (unpaired) electrons. The van der Waals surface area contributed by atoms with Gasteiger partial charge < -0.3 is 9.30 Å². The maximum Gasteiger partial charge on any atom is 0.416 e. The molecule has 0 amide bonds. The summed E-state index contributed by atoms with van der Waals surface area (Å²) in [5.41, 5.74) is 1.23. The summed E-state index contributed by atoms with van der Waals surface area (Å²) in [6.07, 6.45) is 11.4. The molecule has 0 spiro atoms. The van der Waals surface area contributed by atoms with Crippen LogP contribution in [0.25, 0.3) is 6.08 Å². The van der Waals surface area contributed by atoms with E-state index < -0.39 is 23.7 Å². The van der Waals surface area contributed by atoms with Crippen LogP contribution in [0, 0.1) is 12.3 Å². The van der Waals surface area contributed by atoms with Crippen molar-refractivity contribution in [3.8, 4) is 0 Å². The third-order valence-electron chi connectivity index (χ3n) is 6.24. The van der Waals surface area contributed by atoms with E-state index in [4.69, 9.17) is 10.1 Å². The van der Waals surface area contributed by atoms with Gasteiger partial charge >= 0.3 is 6.18 Å². The Balaban J connectivity index is 1.51. The summed E-state index contributed by atoms with van der Waals surface area (Å²) in [6.45, 7) is 6.50. The summed E-state index contributed by atoms with van der Waals surface area (Å²) in [7, 11) is 1.44. The molecule has 36 heavy (non-hydrogen) atoms. The fourth-order valence-corrected chi connectivity index (χ4v) is 4.52. The number of alkyl halides is 3. The molecule has 2 aliphatic rings. The molecule has 1 aliphatic heterocycles. The first-order chi connectivity index (χ1) is 17.2. The molecule has 2 unspecified atom stereocenters. The van der Waals surface area contributed by atoms with E-state index in [-0.39, 0.29) is 5.90 Å². The second kappa shape index (κ2) is 10.5. The molecule has 1 N–H and O–H groups in total.